The molecule has 1 fully saturated rings. The molecule has 1 aliphatic carbocycles. The van der Waals surface area contributed by atoms with Crippen LogP contribution in [-0.2, 0) is 20.8 Å². The van der Waals surface area contributed by atoms with Gasteiger partial charge < -0.3 is 14.0 Å². The van der Waals surface area contributed by atoms with Crippen molar-refractivity contribution >= 4 is 17.7 Å². The molecule has 0 aromatic carbocycles. The van der Waals surface area contributed by atoms with Crippen molar-refractivity contribution in [3.05, 3.63) is 23.5 Å². The number of aromatic nitrogens is 1. The lowest BCUT2D eigenvalue weighted by atomic mass is 9.85. The van der Waals surface area contributed by atoms with E-state index < -0.39 is 11.9 Å². The first-order valence-corrected chi connectivity index (χ1v) is 9.13. The molecule has 0 saturated heterocycles. The molecule has 0 radical (unpaired) electrons. The van der Waals surface area contributed by atoms with Crippen molar-refractivity contribution in [3.8, 4) is 0 Å². The molecule has 0 N–H and O–H groups in total. The molecule has 1 atom stereocenters. The minimum atomic E-state index is -0.522. The van der Waals surface area contributed by atoms with Crippen LogP contribution in [0.15, 0.2) is 12.4 Å². The van der Waals surface area contributed by atoms with Crippen LogP contribution in [0, 0.1) is 5.92 Å². The zero-order chi connectivity index (χ0) is 18.2. The van der Waals surface area contributed by atoms with E-state index in [2.05, 4.69) is 0 Å². The number of nitrogens with zero attached hydrogens (tertiary/aromatic N) is 1. The molecule has 6 heteroatoms. The molecule has 1 aromatic heterocycles. The van der Waals surface area contributed by atoms with Crippen LogP contribution in [0.5, 0.6) is 0 Å². The summed E-state index contributed by atoms with van der Waals surface area (Å²) in [7, 11) is 0. The van der Waals surface area contributed by atoms with Gasteiger partial charge in [0.1, 0.15) is 5.78 Å². The highest BCUT2D eigenvalue weighted by atomic mass is 16.5. The number of carbonyl (C=O) groups excluding carboxylic acids is 3. The van der Waals surface area contributed by atoms with E-state index in [9.17, 15) is 14.4 Å². The lowest BCUT2D eigenvalue weighted by Crippen LogP contribution is -2.19. The lowest BCUT2D eigenvalue weighted by Gasteiger charge is -2.20. The summed E-state index contributed by atoms with van der Waals surface area (Å²) < 4.78 is 11.8. The van der Waals surface area contributed by atoms with Gasteiger partial charge in [-0.1, -0.05) is 6.42 Å². The average Bonchev–Trinajstić information content (AvgIpc) is 3.01. The van der Waals surface area contributed by atoms with Crippen LogP contribution < -0.4 is 0 Å². The number of ketones is 1. The first kappa shape index (κ1) is 19.2. The van der Waals surface area contributed by atoms with Crippen molar-refractivity contribution in [2.45, 2.75) is 58.9 Å². The molecule has 0 amide bonds. The lowest BCUT2D eigenvalue weighted by molar-refractivity contribution is -0.124. The van der Waals surface area contributed by atoms with E-state index in [1.54, 1.807) is 26.2 Å². The molecule has 0 spiro atoms. The quantitative estimate of drug-likeness (QED) is 0.673. The summed E-state index contributed by atoms with van der Waals surface area (Å²) in [5.74, 6) is -0.505. The number of aryl methyl sites for hydroxylation is 1. The number of ether oxygens (including phenoxy) is 2. The maximum absolute atomic E-state index is 12.1. The van der Waals surface area contributed by atoms with Crippen LogP contribution in [0.25, 0.3) is 0 Å². The van der Waals surface area contributed by atoms with Gasteiger partial charge in [0.15, 0.2) is 0 Å². The van der Waals surface area contributed by atoms with E-state index >= 15 is 0 Å². The van der Waals surface area contributed by atoms with E-state index in [4.69, 9.17) is 9.47 Å². The van der Waals surface area contributed by atoms with Crippen LogP contribution in [-0.4, -0.2) is 35.5 Å². The Kier molecular flexibility index (Phi) is 7.22. The van der Waals surface area contributed by atoms with Gasteiger partial charge in [0.05, 0.1) is 24.3 Å². The second-order valence-electron chi connectivity index (χ2n) is 6.32. The maximum Gasteiger partial charge on any atom is 0.340 e. The van der Waals surface area contributed by atoms with Crippen LogP contribution in [0.3, 0.4) is 0 Å². The molecule has 1 aromatic rings. The Morgan fingerprint density at radius 3 is 2.20 bits per heavy atom. The second kappa shape index (κ2) is 9.39. The maximum atomic E-state index is 12.1. The molecular formula is C19H27NO5. The molecule has 1 unspecified atom stereocenters. The average molecular weight is 349 g/mol. The van der Waals surface area contributed by atoms with Gasteiger partial charge >= 0.3 is 11.9 Å². The summed E-state index contributed by atoms with van der Waals surface area (Å²) in [4.78, 5) is 36.0. The molecule has 2 rings (SSSR count). The Hall–Kier alpha value is -2.11. The second-order valence-corrected chi connectivity index (χ2v) is 6.32. The minimum Gasteiger partial charge on any atom is -0.462 e. The summed E-state index contributed by atoms with van der Waals surface area (Å²) in [6, 6.07) is 0. The van der Waals surface area contributed by atoms with Crippen LogP contribution in [0.1, 0.15) is 73.1 Å². The fourth-order valence-corrected chi connectivity index (χ4v) is 3.26. The molecule has 1 aliphatic rings. The topological polar surface area (TPSA) is 74.6 Å². The Balaban J connectivity index is 2.02. The monoisotopic (exact) mass is 349 g/mol. The highest BCUT2D eigenvalue weighted by Gasteiger charge is 2.23. The summed E-state index contributed by atoms with van der Waals surface area (Å²) in [6.07, 6.45) is 8.76. The first-order chi connectivity index (χ1) is 12.1. The molecule has 1 saturated carbocycles. The van der Waals surface area contributed by atoms with E-state index in [0.29, 0.717) is 18.7 Å². The Bertz CT molecular complexity index is 584. The van der Waals surface area contributed by atoms with Crippen molar-refractivity contribution < 1.29 is 23.9 Å². The van der Waals surface area contributed by atoms with E-state index in [1.807, 2.05) is 4.57 Å². The van der Waals surface area contributed by atoms with Gasteiger partial charge in [-0.05, 0) is 39.5 Å². The van der Waals surface area contributed by atoms with Crippen molar-refractivity contribution in [2.75, 3.05) is 13.2 Å². The van der Waals surface area contributed by atoms with Crippen molar-refractivity contribution in [1.29, 1.82) is 0 Å². The third-order valence-corrected chi connectivity index (χ3v) is 4.52. The first-order valence-electron chi connectivity index (χ1n) is 9.13. The molecule has 6 nitrogen and oxygen atoms in total. The number of Topliss-reactive ketones (excluding diaryl/α,β-unsaturated/α-hetero) is 1. The Morgan fingerprint density at radius 1 is 1.08 bits per heavy atom. The van der Waals surface area contributed by atoms with Crippen molar-refractivity contribution in [3.63, 3.8) is 0 Å². The largest absolute Gasteiger partial charge is 0.462 e. The van der Waals surface area contributed by atoms with Crippen molar-refractivity contribution in [1.82, 2.24) is 4.57 Å². The van der Waals surface area contributed by atoms with Crippen LogP contribution >= 0.6 is 0 Å². The van der Waals surface area contributed by atoms with Gasteiger partial charge in [0, 0.05) is 31.3 Å². The van der Waals surface area contributed by atoms with Gasteiger partial charge in [-0.15, -0.1) is 0 Å². The Labute approximate surface area is 148 Å². The standard InChI is InChI=1S/C19H27NO5/c1-3-24-18(22)15-12-20(13-16(15)19(23)25-4-2)11-7-9-14-8-5-6-10-17(14)21/h12-14H,3-11H2,1-2H3. The van der Waals surface area contributed by atoms with Gasteiger partial charge in [-0.3, -0.25) is 4.79 Å². The highest BCUT2D eigenvalue weighted by molar-refractivity contribution is 6.03. The fourth-order valence-electron chi connectivity index (χ4n) is 3.26. The third-order valence-electron chi connectivity index (χ3n) is 4.52. The van der Waals surface area contributed by atoms with Gasteiger partial charge in [-0.2, -0.15) is 0 Å². The van der Waals surface area contributed by atoms with Gasteiger partial charge in [0.25, 0.3) is 0 Å². The fraction of sp³-hybridized carbons (Fsp3) is 0.632. The highest BCUT2D eigenvalue weighted by Crippen LogP contribution is 2.25. The van der Waals surface area contributed by atoms with Gasteiger partial charge in [-0.25, -0.2) is 9.59 Å². The molecular weight excluding hydrogens is 322 g/mol. The smallest absolute Gasteiger partial charge is 0.340 e. The van der Waals surface area contributed by atoms with E-state index in [0.717, 1.165) is 32.1 Å². The predicted octanol–water partition coefficient (Wildman–Crippen LogP) is 3.38. The number of hydrogen-bond acceptors (Lipinski definition) is 5. The van der Waals surface area contributed by atoms with E-state index in [1.165, 1.54) is 0 Å². The molecule has 1 heterocycles. The number of rotatable bonds is 8. The summed E-state index contributed by atoms with van der Waals surface area (Å²) in [5, 5.41) is 0. The van der Waals surface area contributed by atoms with Crippen molar-refractivity contribution in [2.24, 2.45) is 5.92 Å². The number of esters is 2. The molecule has 25 heavy (non-hydrogen) atoms. The minimum absolute atomic E-state index is 0.165. The summed E-state index contributed by atoms with van der Waals surface area (Å²) >= 11 is 0. The predicted molar refractivity (Wildman–Crippen MR) is 92.5 cm³/mol. The van der Waals surface area contributed by atoms with Gasteiger partial charge in [0.2, 0.25) is 0 Å². The molecule has 0 aliphatic heterocycles. The zero-order valence-corrected chi connectivity index (χ0v) is 15.1. The zero-order valence-electron chi connectivity index (χ0n) is 15.1. The summed E-state index contributed by atoms with van der Waals surface area (Å²) in [5.41, 5.74) is 0.461. The Morgan fingerprint density at radius 2 is 1.68 bits per heavy atom. The van der Waals surface area contributed by atoms with E-state index in [-0.39, 0.29) is 30.3 Å². The number of carbonyl (C=O) groups is 3. The summed E-state index contributed by atoms with van der Waals surface area (Å²) in [6.45, 7) is 4.59. The van der Waals surface area contributed by atoms with Crippen LogP contribution in [0.2, 0.25) is 0 Å². The SMILES string of the molecule is CCOC(=O)c1cn(CCCC2CCCCC2=O)cc1C(=O)OCC. The third kappa shape index (κ3) is 5.18. The molecule has 0 bridgehead atoms. The normalized spacial score (nSPS) is 17.4. The van der Waals surface area contributed by atoms with Crippen LogP contribution in [0.4, 0.5) is 0 Å². The number of hydrogen-bond donors (Lipinski definition) is 0. The molecule has 138 valence electrons.